The summed E-state index contributed by atoms with van der Waals surface area (Å²) in [4.78, 5) is 13.6. The Kier molecular flexibility index (Phi) is 6.98. The molecule has 1 amide bonds. The first-order valence-corrected chi connectivity index (χ1v) is 12.3. The molecule has 0 heterocycles. The number of hydrogen-bond acceptors (Lipinski definition) is 4. The number of rotatable bonds is 6. The van der Waals surface area contributed by atoms with Crippen LogP contribution in [0.1, 0.15) is 44.4 Å². The largest absolute Gasteiger partial charge is 0.481 e. The van der Waals surface area contributed by atoms with E-state index in [0.717, 1.165) is 15.4 Å². The van der Waals surface area contributed by atoms with E-state index in [1.165, 1.54) is 12.1 Å². The van der Waals surface area contributed by atoms with Crippen LogP contribution in [0, 0.1) is 13.8 Å². The Balaban J connectivity index is 2.00. The maximum atomic E-state index is 13.6. The second-order valence-corrected chi connectivity index (χ2v) is 11.0. The van der Waals surface area contributed by atoms with Gasteiger partial charge < -0.3 is 4.74 Å². The van der Waals surface area contributed by atoms with Crippen molar-refractivity contribution in [3.05, 3.63) is 89.5 Å². The number of aryl methyl sites for hydroxylation is 1. The molecule has 0 aliphatic heterocycles. The summed E-state index contributed by atoms with van der Waals surface area (Å²) in [6, 6.07) is 20.8. The van der Waals surface area contributed by atoms with Gasteiger partial charge >= 0.3 is 0 Å². The lowest BCUT2D eigenvalue weighted by molar-refractivity contribution is -0.123. The zero-order valence-electron chi connectivity index (χ0n) is 20.0. The van der Waals surface area contributed by atoms with Crippen LogP contribution in [0.3, 0.4) is 0 Å². The van der Waals surface area contributed by atoms with Crippen molar-refractivity contribution in [2.45, 2.75) is 58.0 Å². The van der Waals surface area contributed by atoms with Crippen molar-refractivity contribution in [2.24, 2.45) is 0 Å². The summed E-state index contributed by atoms with van der Waals surface area (Å²) >= 11 is 0. The summed E-state index contributed by atoms with van der Waals surface area (Å²) in [6.07, 6.45) is -1.02. The number of nitrogens with zero attached hydrogens (tertiary/aromatic N) is 1. The van der Waals surface area contributed by atoms with E-state index in [9.17, 15) is 13.2 Å². The molecular formula is C27H31NO4S. The third-order valence-corrected chi connectivity index (χ3v) is 7.38. The molecule has 0 aliphatic carbocycles. The van der Waals surface area contributed by atoms with Crippen molar-refractivity contribution in [3.63, 3.8) is 0 Å². The predicted molar refractivity (Wildman–Crippen MR) is 132 cm³/mol. The number of sulfonamides is 1. The summed E-state index contributed by atoms with van der Waals surface area (Å²) < 4.78 is 34.0. The van der Waals surface area contributed by atoms with Crippen molar-refractivity contribution in [3.8, 4) is 5.75 Å². The molecule has 0 N–H and O–H groups in total. The average Bonchev–Trinajstić information content (AvgIpc) is 2.77. The highest BCUT2D eigenvalue weighted by Gasteiger charge is 2.35. The number of benzene rings is 3. The van der Waals surface area contributed by atoms with E-state index >= 15 is 0 Å². The standard InChI is InChI=1S/C27H31NO4S/c1-19-11-10-14-25(20(19)2)28(33(30,31)24-12-8-7-9-13-24)26(29)21(3)32-23-17-15-22(16-18-23)27(4,5)6/h7-18,21H,1-6H3. The van der Waals surface area contributed by atoms with Crippen molar-refractivity contribution < 1.29 is 17.9 Å². The Morgan fingerprint density at radius 1 is 0.879 bits per heavy atom. The van der Waals surface area contributed by atoms with Gasteiger partial charge in [-0.1, -0.05) is 63.2 Å². The van der Waals surface area contributed by atoms with E-state index in [1.54, 1.807) is 49.4 Å². The van der Waals surface area contributed by atoms with E-state index < -0.39 is 22.0 Å². The Hall–Kier alpha value is -3.12. The molecule has 1 unspecified atom stereocenters. The second-order valence-electron chi connectivity index (χ2n) is 9.17. The van der Waals surface area contributed by atoms with Gasteiger partial charge in [0.05, 0.1) is 10.6 Å². The van der Waals surface area contributed by atoms with Gasteiger partial charge in [-0.05, 0) is 73.2 Å². The zero-order chi connectivity index (χ0) is 24.4. The molecule has 3 aromatic carbocycles. The van der Waals surface area contributed by atoms with E-state index in [1.807, 2.05) is 32.0 Å². The smallest absolute Gasteiger partial charge is 0.281 e. The van der Waals surface area contributed by atoms with Gasteiger partial charge in [0.2, 0.25) is 0 Å². The van der Waals surface area contributed by atoms with Crippen molar-refractivity contribution in [1.29, 1.82) is 0 Å². The van der Waals surface area contributed by atoms with Gasteiger partial charge in [0, 0.05) is 0 Å². The molecule has 3 rings (SSSR count). The van der Waals surface area contributed by atoms with Crippen LogP contribution in [-0.2, 0) is 20.2 Å². The molecule has 33 heavy (non-hydrogen) atoms. The van der Waals surface area contributed by atoms with E-state index in [4.69, 9.17) is 4.74 Å². The minimum absolute atomic E-state index is 0.0107. The van der Waals surface area contributed by atoms with Gasteiger partial charge in [0.25, 0.3) is 15.9 Å². The molecule has 0 radical (unpaired) electrons. The van der Waals surface area contributed by atoms with Crippen LogP contribution in [0.25, 0.3) is 0 Å². The van der Waals surface area contributed by atoms with Crippen molar-refractivity contribution in [1.82, 2.24) is 0 Å². The van der Waals surface area contributed by atoms with Gasteiger partial charge in [-0.2, -0.15) is 4.31 Å². The van der Waals surface area contributed by atoms with Crippen LogP contribution in [0.15, 0.2) is 77.7 Å². The average molecular weight is 466 g/mol. The second kappa shape index (κ2) is 9.40. The number of hydrogen-bond donors (Lipinski definition) is 0. The van der Waals surface area contributed by atoms with Crippen molar-refractivity contribution >= 4 is 21.6 Å². The van der Waals surface area contributed by atoms with Crippen LogP contribution in [-0.4, -0.2) is 20.4 Å². The molecule has 3 aromatic rings. The molecule has 0 aliphatic rings. The molecule has 0 aromatic heterocycles. The Bertz CT molecular complexity index is 1230. The third kappa shape index (κ3) is 5.28. The molecule has 0 spiro atoms. The van der Waals surface area contributed by atoms with Crippen LogP contribution < -0.4 is 9.04 Å². The third-order valence-electron chi connectivity index (χ3n) is 5.66. The monoisotopic (exact) mass is 465 g/mol. The SMILES string of the molecule is Cc1cccc(N(C(=O)C(C)Oc2ccc(C(C)(C)C)cc2)S(=O)(=O)c2ccccc2)c1C. The predicted octanol–water partition coefficient (Wildman–Crippen LogP) is 5.79. The molecule has 0 saturated heterocycles. The lowest BCUT2D eigenvalue weighted by atomic mass is 9.87. The van der Waals surface area contributed by atoms with Gasteiger partial charge in [0.1, 0.15) is 5.75 Å². The van der Waals surface area contributed by atoms with Gasteiger partial charge in [-0.3, -0.25) is 4.79 Å². The van der Waals surface area contributed by atoms with Crippen LogP contribution in [0.4, 0.5) is 5.69 Å². The van der Waals surface area contributed by atoms with Gasteiger partial charge in [-0.25, -0.2) is 8.42 Å². The summed E-state index contributed by atoms with van der Waals surface area (Å²) in [5.74, 6) is -0.158. The first-order valence-electron chi connectivity index (χ1n) is 10.9. The lowest BCUT2D eigenvalue weighted by Gasteiger charge is -2.27. The Morgan fingerprint density at radius 3 is 2.06 bits per heavy atom. The zero-order valence-corrected chi connectivity index (χ0v) is 20.8. The maximum Gasteiger partial charge on any atom is 0.281 e. The lowest BCUT2D eigenvalue weighted by Crippen LogP contribution is -2.44. The fourth-order valence-electron chi connectivity index (χ4n) is 3.47. The first kappa shape index (κ1) is 24.5. The number of ether oxygens (including phenoxy) is 1. The molecule has 0 fully saturated rings. The number of carbonyl (C=O) groups excluding carboxylic acids is 1. The van der Waals surface area contributed by atoms with Crippen LogP contribution in [0.2, 0.25) is 0 Å². The van der Waals surface area contributed by atoms with Crippen LogP contribution in [0.5, 0.6) is 5.75 Å². The fraction of sp³-hybridized carbons (Fsp3) is 0.296. The highest BCUT2D eigenvalue weighted by Crippen LogP contribution is 2.30. The highest BCUT2D eigenvalue weighted by molar-refractivity contribution is 7.93. The molecule has 0 bridgehead atoms. The van der Waals surface area contributed by atoms with Gasteiger partial charge in [-0.15, -0.1) is 0 Å². The molecule has 5 nitrogen and oxygen atoms in total. The van der Waals surface area contributed by atoms with E-state index in [-0.39, 0.29) is 10.3 Å². The molecular weight excluding hydrogens is 434 g/mol. The number of anilines is 1. The Morgan fingerprint density at radius 2 is 1.48 bits per heavy atom. The normalized spacial score (nSPS) is 12.8. The quantitative estimate of drug-likeness (QED) is 0.462. The minimum Gasteiger partial charge on any atom is -0.481 e. The van der Waals surface area contributed by atoms with E-state index in [0.29, 0.717) is 17.0 Å². The van der Waals surface area contributed by atoms with Crippen molar-refractivity contribution in [2.75, 3.05) is 4.31 Å². The summed E-state index contributed by atoms with van der Waals surface area (Å²) in [7, 11) is -4.15. The highest BCUT2D eigenvalue weighted by atomic mass is 32.2. The summed E-state index contributed by atoms with van der Waals surface area (Å²) in [6.45, 7) is 11.6. The Labute approximate surface area is 197 Å². The van der Waals surface area contributed by atoms with Gasteiger partial charge in [0.15, 0.2) is 6.10 Å². The molecule has 0 saturated carbocycles. The number of amides is 1. The van der Waals surface area contributed by atoms with Crippen LogP contribution >= 0.6 is 0 Å². The summed E-state index contributed by atoms with van der Waals surface area (Å²) in [5.41, 5.74) is 3.05. The maximum absolute atomic E-state index is 13.6. The fourth-order valence-corrected chi connectivity index (χ4v) is 5.03. The first-order chi connectivity index (χ1) is 15.4. The molecule has 174 valence electrons. The van der Waals surface area contributed by atoms with E-state index in [2.05, 4.69) is 20.8 Å². The number of carbonyl (C=O) groups is 1. The summed E-state index contributed by atoms with van der Waals surface area (Å²) in [5, 5.41) is 0. The topological polar surface area (TPSA) is 63.7 Å². The molecule has 6 heteroatoms. The minimum atomic E-state index is -4.15. The molecule has 1 atom stereocenters.